The Balaban J connectivity index is 2.26. The Morgan fingerprint density at radius 2 is 2.05 bits per heavy atom. The zero-order valence-corrected chi connectivity index (χ0v) is 10.2. The second-order valence-electron chi connectivity index (χ2n) is 4.32. The van der Waals surface area contributed by atoms with E-state index in [1.807, 2.05) is 0 Å². The van der Waals surface area contributed by atoms with Gasteiger partial charge in [0.2, 0.25) is 5.91 Å². The van der Waals surface area contributed by atoms with Gasteiger partial charge in [0.15, 0.2) is 11.5 Å². The molecule has 0 spiro atoms. The van der Waals surface area contributed by atoms with Crippen molar-refractivity contribution in [1.29, 1.82) is 0 Å². The molecule has 0 radical (unpaired) electrons. The minimum atomic E-state index is -0.711. The Labute approximate surface area is 109 Å². The lowest BCUT2D eigenvalue weighted by Crippen LogP contribution is -2.58. The van der Waals surface area contributed by atoms with E-state index in [-0.39, 0.29) is 17.1 Å². The van der Waals surface area contributed by atoms with Gasteiger partial charge in [-0.15, -0.1) is 0 Å². The van der Waals surface area contributed by atoms with E-state index in [1.165, 1.54) is 17.0 Å². The number of nitrogens with one attached hydrogen (secondary N) is 1. The molecule has 1 heterocycles. The van der Waals surface area contributed by atoms with E-state index in [2.05, 4.69) is 5.32 Å². The molecule has 1 aromatic rings. The molecule has 19 heavy (non-hydrogen) atoms. The van der Waals surface area contributed by atoms with Crippen molar-refractivity contribution in [2.45, 2.75) is 6.04 Å². The fourth-order valence-corrected chi connectivity index (χ4v) is 2.02. The Morgan fingerprint density at radius 3 is 2.68 bits per heavy atom. The maximum absolute atomic E-state index is 12.3. The van der Waals surface area contributed by atoms with Crippen molar-refractivity contribution in [3.05, 3.63) is 23.8 Å². The highest BCUT2D eigenvalue weighted by molar-refractivity contribution is 5.98. The molecule has 0 aromatic heterocycles. The van der Waals surface area contributed by atoms with Crippen LogP contribution in [0.2, 0.25) is 0 Å². The predicted octanol–water partition coefficient (Wildman–Crippen LogP) is -1.00. The summed E-state index contributed by atoms with van der Waals surface area (Å²) < 4.78 is 0. The molecule has 7 heteroatoms. The number of amides is 2. The number of phenolic OH excluding ortho intramolecular Hbond substituents is 2. The molecule has 1 fully saturated rings. The van der Waals surface area contributed by atoms with Crippen LogP contribution in [-0.4, -0.2) is 52.6 Å². The highest BCUT2D eigenvalue weighted by Crippen LogP contribution is 2.25. The summed E-state index contributed by atoms with van der Waals surface area (Å²) >= 11 is 0. The van der Waals surface area contributed by atoms with E-state index in [9.17, 15) is 19.8 Å². The van der Waals surface area contributed by atoms with Gasteiger partial charge in [-0.1, -0.05) is 0 Å². The van der Waals surface area contributed by atoms with Crippen molar-refractivity contribution in [2.75, 3.05) is 19.6 Å². The van der Waals surface area contributed by atoms with Gasteiger partial charge in [0.25, 0.3) is 5.91 Å². The maximum Gasteiger partial charge on any atom is 0.254 e. The summed E-state index contributed by atoms with van der Waals surface area (Å²) in [7, 11) is 0. The molecule has 0 bridgehead atoms. The molecule has 0 aliphatic carbocycles. The molecule has 1 aliphatic rings. The summed E-state index contributed by atoms with van der Waals surface area (Å²) in [6, 6.07) is 3.07. The molecule has 5 N–H and O–H groups in total. The Morgan fingerprint density at radius 1 is 1.32 bits per heavy atom. The molecule has 1 unspecified atom stereocenters. The molecule has 102 valence electrons. The Kier molecular flexibility index (Phi) is 3.57. The number of nitrogens with two attached hydrogens (primary N) is 1. The van der Waals surface area contributed by atoms with E-state index >= 15 is 0 Å². The van der Waals surface area contributed by atoms with Crippen molar-refractivity contribution in [3.8, 4) is 11.5 Å². The minimum Gasteiger partial charge on any atom is -0.504 e. The smallest absolute Gasteiger partial charge is 0.254 e. The predicted molar refractivity (Wildman–Crippen MR) is 66.7 cm³/mol. The van der Waals surface area contributed by atoms with Gasteiger partial charge in [-0.2, -0.15) is 0 Å². The van der Waals surface area contributed by atoms with Crippen molar-refractivity contribution in [2.24, 2.45) is 5.73 Å². The van der Waals surface area contributed by atoms with E-state index in [4.69, 9.17) is 5.73 Å². The summed E-state index contributed by atoms with van der Waals surface area (Å²) in [5.41, 5.74) is 5.46. The first kappa shape index (κ1) is 13.2. The number of piperazine rings is 1. The highest BCUT2D eigenvalue weighted by Gasteiger charge is 2.31. The zero-order valence-electron chi connectivity index (χ0n) is 10.2. The van der Waals surface area contributed by atoms with Crippen LogP contribution < -0.4 is 11.1 Å². The first-order chi connectivity index (χ1) is 9.00. The quantitative estimate of drug-likeness (QED) is 0.512. The number of aromatic hydroxyl groups is 2. The average Bonchev–Trinajstić information content (AvgIpc) is 2.41. The highest BCUT2D eigenvalue weighted by atomic mass is 16.3. The van der Waals surface area contributed by atoms with Crippen LogP contribution in [0.5, 0.6) is 11.5 Å². The summed E-state index contributed by atoms with van der Waals surface area (Å²) in [6.45, 7) is 1.23. The summed E-state index contributed by atoms with van der Waals surface area (Å²) in [4.78, 5) is 25.0. The third kappa shape index (κ3) is 2.60. The van der Waals surface area contributed by atoms with Crippen LogP contribution in [0.25, 0.3) is 0 Å². The second-order valence-corrected chi connectivity index (χ2v) is 4.32. The normalized spacial score (nSPS) is 19.2. The van der Waals surface area contributed by atoms with Crippen LogP contribution in [0, 0.1) is 0 Å². The standard InChI is InChI=1S/C12H15N3O4/c13-11(18)8-6-14-3-4-15(8)12(19)7-1-2-9(16)10(17)5-7/h1-2,5,8,14,16-17H,3-4,6H2,(H2,13,18). The number of hydrogen-bond donors (Lipinski definition) is 4. The van der Waals surface area contributed by atoms with Gasteiger partial charge < -0.3 is 26.2 Å². The fraction of sp³-hybridized carbons (Fsp3) is 0.333. The van der Waals surface area contributed by atoms with Crippen molar-refractivity contribution >= 4 is 11.8 Å². The third-order valence-electron chi connectivity index (χ3n) is 3.06. The van der Waals surface area contributed by atoms with Crippen LogP contribution in [0.4, 0.5) is 0 Å². The number of primary amides is 1. The first-order valence-electron chi connectivity index (χ1n) is 5.83. The zero-order chi connectivity index (χ0) is 14.0. The molecular formula is C12H15N3O4. The van der Waals surface area contributed by atoms with Gasteiger partial charge in [-0.3, -0.25) is 9.59 Å². The van der Waals surface area contributed by atoms with Gasteiger partial charge in [-0.25, -0.2) is 0 Å². The molecule has 2 amide bonds. The van der Waals surface area contributed by atoms with E-state index < -0.39 is 17.9 Å². The third-order valence-corrected chi connectivity index (χ3v) is 3.06. The molecular weight excluding hydrogens is 250 g/mol. The number of nitrogens with zero attached hydrogens (tertiary/aromatic N) is 1. The van der Waals surface area contributed by atoms with Crippen LogP contribution in [-0.2, 0) is 4.79 Å². The number of benzene rings is 1. The van der Waals surface area contributed by atoms with Gasteiger partial charge in [0.1, 0.15) is 6.04 Å². The maximum atomic E-state index is 12.3. The summed E-state index contributed by atoms with van der Waals surface area (Å²) in [5, 5.41) is 21.6. The summed E-state index contributed by atoms with van der Waals surface area (Å²) in [5.74, 6) is -1.66. The monoisotopic (exact) mass is 265 g/mol. The van der Waals surface area contributed by atoms with Crippen molar-refractivity contribution < 1.29 is 19.8 Å². The topological polar surface area (TPSA) is 116 Å². The lowest BCUT2D eigenvalue weighted by molar-refractivity contribution is -0.122. The average molecular weight is 265 g/mol. The molecule has 1 saturated heterocycles. The van der Waals surface area contributed by atoms with E-state index in [0.717, 1.165) is 6.07 Å². The SMILES string of the molecule is NC(=O)C1CNCCN1C(=O)c1ccc(O)c(O)c1. The van der Waals surface area contributed by atoms with Crippen LogP contribution in [0.15, 0.2) is 18.2 Å². The molecule has 1 aromatic carbocycles. The number of carbonyl (C=O) groups excluding carboxylic acids is 2. The van der Waals surface area contributed by atoms with Crippen molar-refractivity contribution in [3.63, 3.8) is 0 Å². The number of hydrogen-bond acceptors (Lipinski definition) is 5. The number of carbonyl (C=O) groups is 2. The van der Waals surface area contributed by atoms with Crippen molar-refractivity contribution in [1.82, 2.24) is 10.2 Å². The molecule has 7 nitrogen and oxygen atoms in total. The lowest BCUT2D eigenvalue weighted by Gasteiger charge is -2.34. The van der Waals surface area contributed by atoms with Gasteiger partial charge in [-0.05, 0) is 18.2 Å². The number of rotatable bonds is 2. The lowest BCUT2D eigenvalue weighted by atomic mass is 10.1. The number of phenols is 2. The van der Waals surface area contributed by atoms with Crippen LogP contribution in [0.3, 0.4) is 0 Å². The largest absolute Gasteiger partial charge is 0.504 e. The Bertz CT molecular complexity index is 518. The van der Waals surface area contributed by atoms with Gasteiger partial charge in [0, 0.05) is 25.2 Å². The Hall–Kier alpha value is -2.28. The second kappa shape index (κ2) is 5.15. The summed E-state index contributed by atoms with van der Waals surface area (Å²) in [6.07, 6.45) is 0. The molecule has 1 atom stereocenters. The fourth-order valence-electron chi connectivity index (χ4n) is 2.02. The van der Waals surface area contributed by atoms with E-state index in [0.29, 0.717) is 19.6 Å². The minimum absolute atomic E-state index is 0.198. The molecule has 2 rings (SSSR count). The molecule has 1 aliphatic heterocycles. The van der Waals surface area contributed by atoms with Crippen LogP contribution in [0.1, 0.15) is 10.4 Å². The van der Waals surface area contributed by atoms with Gasteiger partial charge >= 0.3 is 0 Å². The van der Waals surface area contributed by atoms with Crippen LogP contribution >= 0.6 is 0 Å². The van der Waals surface area contributed by atoms with E-state index in [1.54, 1.807) is 0 Å². The first-order valence-corrected chi connectivity index (χ1v) is 5.83. The molecule has 0 saturated carbocycles. The van der Waals surface area contributed by atoms with Gasteiger partial charge in [0.05, 0.1) is 0 Å².